The molecule has 0 aliphatic carbocycles. The van der Waals surface area contributed by atoms with Crippen LogP contribution in [0, 0.1) is 11.3 Å². The van der Waals surface area contributed by atoms with E-state index in [1.807, 2.05) is 11.0 Å². The number of methoxy groups -OCH3 is 1. The fraction of sp³-hybridized carbons (Fsp3) is 0.500. The molecular formula is C20H24ClK2N3O6. The predicted octanol–water partition coefficient (Wildman–Crippen LogP) is -5.11. The van der Waals surface area contributed by atoms with Crippen LogP contribution in [0.25, 0.3) is 10.9 Å². The summed E-state index contributed by atoms with van der Waals surface area (Å²) in [6, 6.07) is 1.88. The molecule has 12 heteroatoms. The molecule has 0 unspecified atom stereocenters. The van der Waals surface area contributed by atoms with Crippen molar-refractivity contribution in [2.45, 2.75) is 40.2 Å². The molecule has 1 N–H and O–H groups in total. The number of H-pyrrole nitrogens is 1. The maximum atomic E-state index is 13.2. The Balaban J connectivity index is 0.00000148. The van der Waals surface area contributed by atoms with Crippen molar-refractivity contribution in [1.82, 2.24) is 15.1 Å². The van der Waals surface area contributed by atoms with Crippen molar-refractivity contribution in [2.24, 2.45) is 11.3 Å². The number of ether oxygens (including phenoxy) is 1. The van der Waals surface area contributed by atoms with Crippen LogP contribution in [-0.4, -0.2) is 46.8 Å². The van der Waals surface area contributed by atoms with Gasteiger partial charge in [0.05, 0.1) is 36.2 Å². The number of amides is 1. The molecule has 32 heavy (non-hydrogen) atoms. The number of rotatable bonds is 3. The molecule has 164 valence electrons. The zero-order valence-electron chi connectivity index (χ0n) is 19.3. The largest absolute Gasteiger partial charge is 1.00 e. The van der Waals surface area contributed by atoms with E-state index in [-0.39, 0.29) is 126 Å². The van der Waals surface area contributed by atoms with Crippen LogP contribution in [0.15, 0.2) is 12.3 Å². The van der Waals surface area contributed by atoms with Gasteiger partial charge in [0.1, 0.15) is 0 Å². The third kappa shape index (κ3) is 9.25. The van der Waals surface area contributed by atoms with E-state index in [4.69, 9.17) is 31.3 Å². The van der Waals surface area contributed by atoms with E-state index in [2.05, 4.69) is 31.0 Å². The van der Waals surface area contributed by atoms with Gasteiger partial charge in [0.15, 0.2) is 0 Å². The van der Waals surface area contributed by atoms with Gasteiger partial charge in [-0.25, -0.2) is 0 Å². The van der Waals surface area contributed by atoms with Crippen LogP contribution in [0.3, 0.4) is 0 Å². The number of nitrogens with one attached hydrogen (secondary N) is 1. The molecule has 1 atom stereocenters. The van der Waals surface area contributed by atoms with Crippen molar-refractivity contribution in [3.63, 3.8) is 0 Å². The molecule has 0 radical (unpaired) electrons. The van der Waals surface area contributed by atoms with Crippen molar-refractivity contribution >= 4 is 40.5 Å². The molecule has 9 nitrogen and oxygen atoms in total. The van der Waals surface area contributed by atoms with Crippen molar-refractivity contribution in [3.05, 3.63) is 28.4 Å². The van der Waals surface area contributed by atoms with Gasteiger partial charge in [-0.2, -0.15) is 5.10 Å². The Morgan fingerprint density at radius 3 is 2.44 bits per heavy atom. The normalized spacial score (nSPS) is 15.3. The molecule has 0 saturated carbocycles. The first kappa shape index (κ1) is 32.5. The zero-order chi connectivity index (χ0) is 22.6. The Bertz CT molecular complexity index is 957. The molecule has 1 aliphatic rings. The molecule has 1 aliphatic heterocycles. The number of halogens is 1. The summed E-state index contributed by atoms with van der Waals surface area (Å²) in [5, 5.41) is 25.2. The number of esters is 1. The van der Waals surface area contributed by atoms with Crippen LogP contribution in [-0.2, 0) is 27.3 Å². The first-order valence-electron chi connectivity index (χ1n) is 9.30. The van der Waals surface area contributed by atoms with E-state index in [9.17, 15) is 9.59 Å². The fourth-order valence-electron chi connectivity index (χ4n) is 3.58. The van der Waals surface area contributed by atoms with Crippen molar-refractivity contribution in [1.29, 1.82) is 0 Å². The number of nitrogens with zero attached hydrogens (tertiary/aromatic N) is 2. The second-order valence-corrected chi connectivity index (χ2v) is 8.75. The fourth-order valence-corrected chi connectivity index (χ4v) is 3.86. The molecule has 3 rings (SSSR count). The van der Waals surface area contributed by atoms with E-state index >= 15 is 0 Å². The number of carboxylic acid groups (broad SMARTS) is 2. The average molecular weight is 516 g/mol. The summed E-state index contributed by atoms with van der Waals surface area (Å²) >= 11 is 6.39. The quantitative estimate of drug-likeness (QED) is 0.318. The number of aromatic amines is 1. The Morgan fingerprint density at radius 1 is 1.31 bits per heavy atom. The first-order valence-corrected chi connectivity index (χ1v) is 9.67. The van der Waals surface area contributed by atoms with Gasteiger partial charge in [-0.3, -0.25) is 14.7 Å². The van der Waals surface area contributed by atoms with Gasteiger partial charge in [0.2, 0.25) is 5.91 Å². The number of hydrogen-bond donors (Lipinski definition) is 1. The summed E-state index contributed by atoms with van der Waals surface area (Å²) in [5.74, 6) is -0.848. The molecule has 0 fully saturated rings. The average Bonchev–Trinajstić information content (AvgIpc) is 3.07. The van der Waals surface area contributed by atoms with E-state index in [0.717, 1.165) is 22.0 Å². The van der Waals surface area contributed by atoms with E-state index in [1.165, 1.54) is 7.11 Å². The third-order valence-electron chi connectivity index (χ3n) is 4.67. The summed E-state index contributed by atoms with van der Waals surface area (Å²) < 4.78 is 4.80. The Labute approximate surface area is 276 Å². The Hall–Kier alpha value is 0.463. The molecule has 2 heterocycles. The molecule has 0 bridgehead atoms. The van der Waals surface area contributed by atoms with Gasteiger partial charge in [-0.15, -0.1) is 0 Å². The topological polar surface area (TPSA) is 138 Å². The summed E-state index contributed by atoms with van der Waals surface area (Å²) in [6.07, 6.45) is -0.0539. The summed E-state index contributed by atoms with van der Waals surface area (Å²) in [7, 11) is 1.34. The second-order valence-electron chi connectivity index (χ2n) is 8.34. The van der Waals surface area contributed by atoms with Gasteiger partial charge < -0.3 is 24.6 Å². The molecule has 0 saturated heterocycles. The second kappa shape index (κ2) is 14.1. The minimum absolute atomic E-state index is 0. The van der Waals surface area contributed by atoms with Crippen LogP contribution in [0.5, 0.6) is 0 Å². The van der Waals surface area contributed by atoms with Gasteiger partial charge >= 0.3 is 109 Å². The number of carbonyl (C=O) groups is 3. The van der Waals surface area contributed by atoms with Crippen molar-refractivity contribution in [2.75, 3.05) is 13.7 Å². The van der Waals surface area contributed by atoms with Crippen LogP contribution in [0.1, 0.15) is 38.3 Å². The molecule has 1 aromatic carbocycles. The standard InChI is InChI=1S/C19H24ClN3O3.CH2O3.2K/c1-19(2,3)10-23-9-14-11(5-12(18(23)25)7-16(24)26-4)6-15(20)17-13(14)8-21-22-17;2-1(3)4;;/h6,8,12H,5,7,9-10H2,1-4H3,(H,21,22);(H2,2,3,4);;/q;;2*+1/p-2/t12-;;;/m0.../s1. The van der Waals surface area contributed by atoms with E-state index in [0.29, 0.717) is 24.5 Å². The zero-order valence-corrected chi connectivity index (χ0v) is 26.3. The molecule has 2 aromatic rings. The predicted molar refractivity (Wildman–Crippen MR) is 105 cm³/mol. The van der Waals surface area contributed by atoms with Crippen molar-refractivity contribution < 1.29 is 132 Å². The molecule has 0 spiro atoms. The Morgan fingerprint density at radius 2 is 1.91 bits per heavy atom. The maximum Gasteiger partial charge on any atom is 1.00 e. The smallest absolute Gasteiger partial charge is 0.652 e. The molecular weight excluding hydrogens is 492 g/mol. The van der Waals surface area contributed by atoms with Crippen LogP contribution >= 0.6 is 11.6 Å². The van der Waals surface area contributed by atoms with Crippen molar-refractivity contribution in [3.8, 4) is 0 Å². The van der Waals surface area contributed by atoms with Gasteiger partial charge in [-0.1, -0.05) is 32.4 Å². The number of aromatic nitrogens is 2. The van der Waals surface area contributed by atoms with Crippen LogP contribution < -0.4 is 113 Å². The Kier molecular flexibility index (Phi) is 14.3. The molecule has 1 amide bonds. The SMILES string of the molecule is COC(=O)C[C@@H]1Cc2cc(Cl)c3[nH]ncc3c2CN(CC(C)(C)C)C1=O.O=C([O-])[O-].[K+].[K+]. The number of benzene rings is 1. The minimum atomic E-state index is -2.33. The summed E-state index contributed by atoms with van der Waals surface area (Å²) in [4.78, 5) is 35.2. The van der Waals surface area contributed by atoms with E-state index < -0.39 is 12.1 Å². The van der Waals surface area contributed by atoms with Crippen LogP contribution in [0.2, 0.25) is 5.02 Å². The third-order valence-corrected chi connectivity index (χ3v) is 4.97. The number of hydrogen-bond acceptors (Lipinski definition) is 7. The monoisotopic (exact) mass is 515 g/mol. The summed E-state index contributed by atoms with van der Waals surface area (Å²) in [6.45, 7) is 7.37. The van der Waals surface area contributed by atoms with Crippen LogP contribution in [0.4, 0.5) is 4.79 Å². The van der Waals surface area contributed by atoms with Gasteiger partial charge in [0.25, 0.3) is 0 Å². The van der Waals surface area contributed by atoms with E-state index in [1.54, 1.807) is 6.20 Å². The first-order chi connectivity index (χ1) is 13.9. The minimum Gasteiger partial charge on any atom is -0.652 e. The number of fused-ring (bicyclic) bond motifs is 3. The van der Waals surface area contributed by atoms with Gasteiger partial charge in [-0.05, 0) is 35.2 Å². The maximum absolute atomic E-state index is 13.2. The number of carbonyl (C=O) groups excluding carboxylic acids is 3. The molecule has 1 aromatic heterocycles. The van der Waals surface area contributed by atoms with Gasteiger partial charge in [0, 0.05) is 18.5 Å². The summed E-state index contributed by atoms with van der Waals surface area (Å²) in [5.41, 5.74) is 2.75.